The lowest BCUT2D eigenvalue weighted by atomic mass is 9.96. The number of nitrogens with zero attached hydrogens (tertiary/aromatic N) is 2. The van der Waals surface area contributed by atoms with Crippen molar-refractivity contribution in [2.45, 2.75) is 25.4 Å². The molecule has 1 unspecified atom stereocenters. The van der Waals surface area contributed by atoms with Crippen LogP contribution >= 0.6 is 0 Å². The molecule has 6 nitrogen and oxygen atoms in total. The summed E-state index contributed by atoms with van der Waals surface area (Å²) in [6, 6.07) is 5.22. The quantitative estimate of drug-likeness (QED) is 0.674. The minimum absolute atomic E-state index is 0.0348. The summed E-state index contributed by atoms with van der Waals surface area (Å²) in [5.74, 6) is -0.367. The van der Waals surface area contributed by atoms with Gasteiger partial charge in [-0.3, -0.25) is 4.68 Å². The molecule has 7 heteroatoms. The van der Waals surface area contributed by atoms with Crippen LogP contribution in [0.3, 0.4) is 0 Å². The number of carbonyl (C=O) groups excluding carboxylic acids is 1. The maximum atomic E-state index is 12.9. The summed E-state index contributed by atoms with van der Waals surface area (Å²) in [5, 5.41) is 19.8. The highest BCUT2D eigenvalue weighted by Crippen LogP contribution is 2.19. The predicted octanol–water partition coefficient (Wildman–Crippen LogP) is 1.70. The molecule has 2 rings (SSSR count). The molecule has 1 aromatic carbocycles. The van der Waals surface area contributed by atoms with E-state index in [4.69, 9.17) is 0 Å². The van der Waals surface area contributed by atoms with Crippen molar-refractivity contribution >= 4 is 6.03 Å². The molecule has 0 bridgehead atoms. The van der Waals surface area contributed by atoms with Crippen LogP contribution in [0.15, 0.2) is 36.7 Å². The summed E-state index contributed by atoms with van der Waals surface area (Å²) < 4.78 is 14.7. The molecule has 0 saturated heterocycles. The zero-order valence-electron chi connectivity index (χ0n) is 13.9. The predicted molar refractivity (Wildman–Crippen MR) is 88.9 cm³/mol. The molecule has 130 valence electrons. The molecule has 0 saturated carbocycles. The fourth-order valence-corrected chi connectivity index (χ4v) is 2.32. The summed E-state index contributed by atoms with van der Waals surface area (Å²) in [4.78, 5) is 11.8. The molecule has 0 aliphatic heterocycles. The first-order valence-electron chi connectivity index (χ1n) is 7.84. The molecule has 1 atom stereocenters. The van der Waals surface area contributed by atoms with Crippen molar-refractivity contribution < 1.29 is 14.3 Å². The first-order chi connectivity index (χ1) is 11.4. The standard InChI is InChI=1S/C17H23FN4O2/c1-17(24,14-5-7-15(18)8-6-14)12-20-16(23)19-9-3-4-13-10-21-22(2)11-13/h5-8,10-11,24H,3-4,9,12H2,1-2H3,(H2,19,20,23). The van der Waals surface area contributed by atoms with Crippen LogP contribution in [0.2, 0.25) is 0 Å². The van der Waals surface area contributed by atoms with Gasteiger partial charge in [0.2, 0.25) is 0 Å². The highest BCUT2D eigenvalue weighted by atomic mass is 19.1. The molecule has 0 spiro atoms. The monoisotopic (exact) mass is 334 g/mol. The van der Waals surface area contributed by atoms with Gasteiger partial charge in [-0.25, -0.2) is 9.18 Å². The van der Waals surface area contributed by atoms with Crippen molar-refractivity contribution in [1.82, 2.24) is 20.4 Å². The second-order valence-corrected chi connectivity index (χ2v) is 6.02. The second-order valence-electron chi connectivity index (χ2n) is 6.02. The minimum Gasteiger partial charge on any atom is -0.384 e. The van der Waals surface area contributed by atoms with E-state index < -0.39 is 5.60 Å². The van der Waals surface area contributed by atoms with E-state index in [0.717, 1.165) is 18.4 Å². The van der Waals surface area contributed by atoms with E-state index in [1.54, 1.807) is 17.8 Å². The van der Waals surface area contributed by atoms with Gasteiger partial charge >= 0.3 is 6.03 Å². The van der Waals surface area contributed by atoms with Crippen LogP contribution in [0.5, 0.6) is 0 Å². The lowest BCUT2D eigenvalue weighted by molar-refractivity contribution is 0.0593. The van der Waals surface area contributed by atoms with Crippen LogP contribution in [0.25, 0.3) is 0 Å². The van der Waals surface area contributed by atoms with E-state index in [-0.39, 0.29) is 18.4 Å². The first-order valence-corrected chi connectivity index (χ1v) is 7.84. The van der Waals surface area contributed by atoms with Crippen LogP contribution in [-0.2, 0) is 19.1 Å². The maximum absolute atomic E-state index is 12.9. The Bertz CT molecular complexity index is 667. The van der Waals surface area contributed by atoms with Crippen molar-refractivity contribution in [3.8, 4) is 0 Å². The zero-order chi connectivity index (χ0) is 17.6. The number of hydrogen-bond donors (Lipinski definition) is 3. The van der Waals surface area contributed by atoms with E-state index in [0.29, 0.717) is 12.1 Å². The summed E-state index contributed by atoms with van der Waals surface area (Å²) >= 11 is 0. The minimum atomic E-state index is -1.26. The smallest absolute Gasteiger partial charge is 0.314 e. The Kier molecular flexibility index (Phi) is 5.92. The lowest BCUT2D eigenvalue weighted by Gasteiger charge is -2.24. The van der Waals surface area contributed by atoms with Crippen LogP contribution in [-0.4, -0.2) is 34.0 Å². The van der Waals surface area contributed by atoms with Crippen LogP contribution in [0, 0.1) is 5.82 Å². The number of urea groups is 1. The summed E-state index contributed by atoms with van der Waals surface area (Å²) in [6.45, 7) is 2.13. The van der Waals surface area contributed by atoms with Gasteiger partial charge < -0.3 is 15.7 Å². The SMILES string of the molecule is Cn1cc(CCCNC(=O)NCC(C)(O)c2ccc(F)cc2)cn1. The van der Waals surface area contributed by atoms with Gasteiger partial charge in [0.1, 0.15) is 11.4 Å². The van der Waals surface area contributed by atoms with Gasteiger partial charge in [-0.15, -0.1) is 0 Å². The van der Waals surface area contributed by atoms with Crippen molar-refractivity contribution in [3.05, 3.63) is 53.6 Å². The van der Waals surface area contributed by atoms with E-state index in [2.05, 4.69) is 15.7 Å². The van der Waals surface area contributed by atoms with Gasteiger partial charge in [-0.05, 0) is 43.0 Å². The summed E-state index contributed by atoms with van der Waals surface area (Å²) in [6.07, 6.45) is 5.38. The Hall–Kier alpha value is -2.41. The molecule has 24 heavy (non-hydrogen) atoms. The Labute approximate surface area is 140 Å². The average molecular weight is 334 g/mol. The van der Waals surface area contributed by atoms with Gasteiger partial charge in [-0.1, -0.05) is 12.1 Å². The average Bonchev–Trinajstić information content (AvgIpc) is 2.95. The van der Waals surface area contributed by atoms with Crippen LogP contribution in [0.4, 0.5) is 9.18 Å². The molecule has 0 radical (unpaired) electrons. The Morgan fingerprint density at radius 3 is 2.67 bits per heavy atom. The van der Waals surface area contributed by atoms with E-state index in [1.165, 1.54) is 24.3 Å². The molecular weight excluding hydrogens is 311 g/mol. The van der Waals surface area contributed by atoms with E-state index in [9.17, 15) is 14.3 Å². The van der Waals surface area contributed by atoms with Crippen molar-refractivity contribution in [2.75, 3.05) is 13.1 Å². The summed E-state index contributed by atoms with van der Waals surface area (Å²) in [7, 11) is 1.86. The van der Waals surface area contributed by atoms with Crippen molar-refractivity contribution in [3.63, 3.8) is 0 Å². The fourth-order valence-electron chi connectivity index (χ4n) is 2.32. The number of rotatable bonds is 7. The Balaban J connectivity index is 1.69. The highest BCUT2D eigenvalue weighted by molar-refractivity contribution is 5.73. The topological polar surface area (TPSA) is 79.2 Å². The van der Waals surface area contributed by atoms with Crippen molar-refractivity contribution in [2.24, 2.45) is 7.05 Å². The lowest BCUT2D eigenvalue weighted by Crippen LogP contribution is -2.43. The maximum Gasteiger partial charge on any atom is 0.314 e. The number of aryl methyl sites for hydroxylation is 2. The number of amides is 2. The molecule has 1 aromatic heterocycles. The van der Waals surface area contributed by atoms with Gasteiger partial charge in [0.05, 0.1) is 12.7 Å². The number of aromatic nitrogens is 2. The largest absolute Gasteiger partial charge is 0.384 e. The number of nitrogens with one attached hydrogen (secondary N) is 2. The molecule has 0 aliphatic rings. The molecule has 0 aliphatic carbocycles. The van der Waals surface area contributed by atoms with Crippen LogP contribution in [0.1, 0.15) is 24.5 Å². The zero-order valence-corrected chi connectivity index (χ0v) is 13.9. The first kappa shape index (κ1) is 17.9. The fraction of sp³-hybridized carbons (Fsp3) is 0.412. The summed E-state index contributed by atoms with van der Waals surface area (Å²) in [5.41, 5.74) is 0.403. The number of benzene rings is 1. The molecule has 0 fully saturated rings. The molecule has 1 heterocycles. The highest BCUT2D eigenvalue weighted by Gasteiger charge is 2.23. The molecule has 2 aromatic rings. The van der Waals surface area contributed by atoms with E-state index in [1.807, 2.05) is 13.2 Å². The second kappa shape index (κ2) is 7.92. The molecule has 2 amide bonds. The Morgan fingerprint density at radius 2 is 2.04 bits per heavy atom. The third-order valence-corrected chi connectivity index (χ3v) is 3.75. The third kappa shape index (κ3) is 5.34. The third-order valence-electron chi connectivity index (χ3n) is 3.75. The van der Waals surface area contributed by atoms with Gasteiger partial charge in [-0.2, -0.15) is 5.10 Å². The molecular formula is C17H23FN4O2. The normalized spacial score (nSPS) is 13.3. The van der Waals surface area contributed by atoms with Gasteiger partial charge in [0.25, 0.3) is 0 Å². The molecule has 3 N–H and O–H groups in total. The van der Waals surface area contributed by atoms with Gasteiger partial charge in [0.15, 0.2) is 0 Å². The number of hydrogen-bond acceptors (Lipinski definition) is 3. The van der Waals surface area contributed by atoms with E-state index >= 15 is 0 Å². The van der Waals surface area contributed by atoms with Crippen molar-refractivity contribution in [1.29, 1.82) is 0 Å². The number of halogens is 1. The number of carbonyl (C=O) groups is 1. The van der Waals surface area contributed by atoms with Gasteiger partial charge in [0, 0.05) is 19.8 Å². The number of aliphatic hydroxyl groups is 1. The Morgan fingerprint density at radius 1 is 1.33 bits per heavy atom. The van der Waals surface area contributed by atoms with Crippen LogP contribution < -0.4 is 10.6 Å².